The zero-order chi connectivity index (χ0) is 11.7. The van der Waals surface area contributed by atoms with Crippen LogP contribution >= 0.6 is 0 Å². The zero-order valence-corrected chi connectivity index (χ0v) is 9.33. The molecule has 0 bridgehead atoms. The molecule has 0 aliphatic heterocycles. The Labute approximate surface area is 89.9 Å². The Morgan fingerprint density at radius 1 is 1.53 bits per heavy atom. The van der Waals surface area contributed by atoms with E-state index in [4.69, 9.17) is 0 Å². The lowest BCUT2D eigenvalue weighted by Gasteiger charge is -2.46. The lowest BCUT2D eigenvalue weighted by atomic mass is 9.60. The quantitative estimate of drug-likeness (QED) is 0.476. The van der Waals surface area contributed by atoms with E-state index in [1.807, 2.05) is 0 Å². The molecular weight excluding hydrogens is 192 g/mol. The average Bonchev–Trinajstić information content (AvgIpc) is 2.10. The molecule has 1 rings (SSSR count). The zero-order valence-electron chi connectivity index (χ0n) is 9.33. The lowest BCUT2D eigenvalue weighted by molar-refractivity contribution is -0.140. The van der Waals surface area contributed by atoms with Crippen molar-refractivity contribution in [1.82, 2.24) is 0 Å². The molecule has 1 saturated carbocycles. The second-order valence-corrected chi connectivity index (χ2v) is 4.86. The number of rotatable bonds is 0. The minimum atomic E-state index is -1.25. The summed E-state index contributed by atoms with van der Waals surface area (Å²) < 4.78 is 0. The van der Waals surface area contributed by atoms with E-state index in [1.165, 1.54) is 0 Å². The smallest absolute Gasteiger partial charge is 0.192 e. The van der Waals surface area contributed by atoms with Crippen molar-refractivity contribution < 1.29 is 14.7 Å². The van der Waals surface area contributed by atoms with E-state index in [9.17, 15) is 14.7 Å². The van der Waals surface area contributed by atoms with Crippen LogP contribution in [0.25, 0.3) is 0 Å². The highest BCUT2D eigenvalue weighted by atomic mass is 16.3. The van der Waals surface area contributed by atoms with Crippen molar-refractivity contribution in [3.63, 3.8) is 0 Å². The number of hydrogen-bond acceptors (Lipinski definition) is 3. The fourth-order valence-electron chi connectivity index (χ4n) is 2.29. The topological polar surface area (TPSA) is 54.4 Å². The molecule has 0 saturated heterocycles. The van der Waals surface area contributed by atoms with Gasteiger partial charge in [-0.2, -0.15) is 0 Å². The van der Waals surface area contributed by atoms with E-state index >= 15 is 0 Å². The van der Waals surface area contributed by atoms with E-state index in [0.717, 1.165) is 0 Å². The highest BCUT2D eigenvalue weighted by Crippen LogP contribution is 2.45. The molecule has 0 radical (unpaired) electrons. The maximum absolute atomic E-state index is 11.4. The van der Waals surface area contributed by atoms with Crippen LogP contribution in [0.4, 0.5) is 0 Å². The van der Waals surface area contributed by atoms with Gasteiger partial charge in [-0.05, 0) is 5.92 Å². The van der Waals surface area contributed by atoms with Crippen molar-refractivity contribution in [3.8, 4) is 11.8 Å². The Balaban J connectivity index is 3.12. The van der Waals surface area contributed by atoms with Crippen LogP contribution in [-0.2, 0) is 9.59 Å². The average molecular weight is 208 g/mol. The van der Waals surface area contributed by atoms with Gasteiger partial charge in [-0.25, -0.2) is 0 Å². The van der Waals surface area contributed by atoms with Crippen LogP contribution in [0.5, 0.6) is 0 Å². The third-order valence-electron chi connectivity index (χ3n) is 3.24. The highest BCUT2D eigenvalue weighted by Gasteiger charge is 2.51. The Morgan fingerprint density at radius 3 is 2.60 bits per heavy atom. The normalized spacial score (nSPS) is 34.1. The largest absolute Gasteiger partial charge is 0.377 e. The van der Waals surface area contributed by atoms with Crippen LogP contribution < -0.4 is 0 Å². The molecule has 0 aromatic rings. The van der Waals surface area contributed by atoms with Gasteiger partial charge in [0, 0.05) is 24.2 Å². The standard InChI is InChI=1S/C12H16O3/c1-9-7-10(14)8-11(2,3)12(9,15)5-4-6-13/h6,9,15H,7-8H2,1-3H3. The number of Topliss-reactive ketones (excluding diaryl/α,β-unsaturated/α-hetero) is 1. The maximum atomic E-state index is 11.4. The van der Waals surface area contributed by atoms with Crippen LogP contribution in [0.3, 0.4) is 0 Å². The molecule has 0 heterocycles. The molecule has 0 aromatic heterocycles. The molecule has 1 fully saturated rings. The molecule has 2 atom stereocenters. The summed E-state index contributed by atoms with van der Waals surface area (Å²) in [6, 6.07) is 0. The predicted molar refractivity (Wildman–Crippen MR) is 56.0 cm³/mol. The molecule has 0 amide bonds. The van der Waals surface area contributed by atoms with Gasteiger partial charge in [0.25, 0.3) is 0 Å². The van der Waals surface area contributed by atoms with Crippen LogP contribution in [0.2, 0.25) is 0 Å². The van der Waals surface area contributed by atoms with Crippen molar-refractivity contribution in [1.29, 1.82) is 0 Å². The minimum Gasteiger partial charge on any atom is -0.377 e. The number of carbonyl (C=O) groups is 2. The summed E-state index contributed by atoms with van der Waals surface area (Å²) in [5, 5.41) is 10.4. The first-order valence-electron chi connectivity index (χ1n) is 5.04. The number of aliphatic hydroxyl groups is 1. The van der Waals surface area contributed by atoms with Gasteiger partial charge < -0.3 is 5.11 Å². The van der Waals surface area contributed by atoms with Gasteiger partial charge in [0.05, 0.1) is 0 Å². The van der Waals surface area contributed by atoms with Gasteiger partial charge in [0.1, 0.15) is 11.4 Å². The molecule has 1 aliphatic carbocycles. The molecule has 0 spiro atoms. The molecule has 3 nitrogen and oxygen atoms in total. The molecular formula is C12H16O3. The van der Waals surface area contributed by atoms with E-state index < -0.39 is 11.0 Å². The summed E-state index contributed by atoms with van der Waals surface area (Å²) in [7, 11) is 0. The van der Waals surface area contributed by atoms with E-state index in [0.29, 0.717) is 19.1 Å². The molecule has 1 aliphatic rings. The second-order valence-electron chi connectivity index (χ2n) is 4.86. The second kappa shape index (κ2) is 3.79. The number of hydrogen-bond donors (Lipinski definition) is 1. The summed E-state index contributed by atoms with van der Waals surface area (Å²) in [6.45, 7) is 5.40. The fraction of sp³-hybridized carbons (Fsp3) is 0.667. The summed E-state index contributed by atoms with van der Waals surface area (Å²) >= 11 is 0. The molecule has 1 N–H and O–H groups in total. The molecule has 3 heteroatoms. The van der Waals surface area contributed by atoms with Crippen molar-refractivity contribution in [2.24, 2.45) is 11.3 Å². The molecule has 2 unspecified atom stereocenters. The SMILES string of the molecule is CC1CC(=O)CC(C)(C)C1(O)C#CC=O. The van der Waals surface area contributed by atoms with Crippen molar-refractivity contribution in [2.45, 2.75) is 39.2 Å². The first-order chi connectivity index (χ1) is 6.83. The summed E-state index contributed by atoms with van der Waals surface area (Å²) in [5.74, 6) is 4.77. The van der Waals surface area contributed by atoms with Gasteiger partial charge >= 0.3 is 0 Å². The van der Waals surface area contributed by atoms with E-state index in [-0.39, 0.29) is 11.7 Å². The van der Waals surface area contributed by atoms with Crippen molar-refractivity contribution in [3.05, 3.63) is 0 Å². The number of ketones is 1. The van der Waals surface area contributed by atoms with E-state index in [1.54, 1.807) is 20.8 Å². The van der Waals surface area contributed by atoms with Crippen LogP contribution in [-0.4, -0.2) is 22.8 Å². The monoisotopic (exact) mass is 208 g/mol. The summed E-state index contributed by atoms with van der Waals surface area (Å²) in [4.78, 5) is 21.6. The minimum absolute atomic E-state index is 0.144. The first-order valence-corrected chi connectivity index (χ1v) is 5.04. The van der Waals surface area contributed by atoms with Gasteiger partial charge in [-0.1, -0.05) is 26.7 Å². The summed E-state index contributed by atoms with van der Waals surface area (Å²) in [5.41, 5.74) is -1.85. The summed E-state index contributed by atoms with van der Waals surface area (Å²) in [6.07, 6.45) is 1.10. The van der Waals surface area contributed by atoms with Crippen LogP contribution in [0.15, 0.2) is 0 Å². The van der Waals surface area contributed by atoms with Gasteiger partial charge in [0.2, 0.25) is 0 Å². The first kappa shape index (κ1) is 11.9. The van der Waals surface area contributed by atoms with Crippen LogP contribution in [0.1, 0.15) is 33.6 Å². The Morgan fingerprint density at radius 2 is 2.13 bits per heavy atom. The lowest BCUT2D eigenvalue weighted by Crippen LogP contribution is -2.53. The van der Waals surface area contributed by atoms with Crippen molar-refractivity contribution >= 4 is 12.1 Å². The number of carbonyl (C=O) groups excluding carboxylic acids is 2. The predicted octanol–water partition coefficient (Wildman–Crippen LogP) is 0.945. The Hall–Kier alpha value is -1.14. The third-order valence-corrected chi connectivity index (χ3v) is 3.24. The number of aldehydes is 1. The Kier molecular flexibility index (Phi) is 3.01. The molecule has 0 aromatic carbocycles. The maximum Gasteiger partial charge on any atom is 0.192 e. The highest BCUT2D eigenvalue weighted by molar-refractivity contribution is 5.81. The van der Waals surface area contributed by atoms with Crippen molar-refractivity contribution in [2.75, 3.05) is 0 Å². The third kappa shape index (κ3) is 1.95. The van der Waals surface area contributed by atoms with Gasteiger partial charge in [-0.3, -0.25) is 9.59 Å². The van der Waals surface area contributed by atoms with Gasteiger partial charge in [0.15, 0.2) is 6.29 Å². The molecule has 15 heavy (non-hydrogen) atoms. The molecule has 82 valence electrons. The fourth-order valence-corrected chi connectivity index (χ4v) is 2.29. The van der Waals surface area contributed by atoms with Crippen LogP contribution in [0, 0.1) is 23.2 Å². The Bertz CT molecular complexity index is 346. The van der Waals surface area contributed by atoms with E-state index in [2.05, 4.69) is 11.8 Å². The van der Waals surface area contributed by atoms with Gasteiger partial charge in [-0.15, -0.1) is 0 Å².